The zero-order chi connectivity index (χ0) is 16.7. The van der Waals surface area contributed by atoms with E-state index in [1.807, 2.05) is 0 Å². The van der Waals surface area contributed by atoms with E-state index in [4.69, 9.17) is 0 Å². The van der Waals surface area contributed by atoms with Crippen LogP contribution in [0.3, 0.4) is 0 Å². The van der Waals surface area contributed by atoms with Crippen molar-refractivity contribution in [2.24, 2.45) is 0 Å². The van der Waals surface area contributed by atoms with E-state index in [0.717, 1.165) is 26.2 Å². The maximum atomic E-state index is 4.45. The fourth-order valence-corrected chi connectivity index (χ4v) is 2.12. The monoisotopic (exact) mass is 450 g/mol. The summed E-state index contributed by atoms with van der Waals surface area (Å²) in [5.41, 5.74) is 0. The molecule has 0 atom stereocenters. The quantitative estimate of drug-likeness (QED) is 0.177. The summed E-state index contributed by atoms with van der Waals surface area (Å²) in [7, 11) is 0. The van der Waals surface area contributed by atoms with E-state index in [9.17, 15) is 0 Å². The molecule has 0 amide bonds. The second kappa shape index (κ2) is 31.3. The van der Waals surface area contributed by atoms with Crippen LogP contribution in [0.2, 0.25) is 0 Å². The van der Waals surface area contributed by atoms with E-state index in [0.29, 0.717) is 0 Å². The Morgan fingerprint density at radius 1 is 0.391 bits per heavy atom. The number of nitrogens with zero attached hydrogens (tertiary/aromatic N) is 2. The van der Waals surface area contributed by atoms with Gasteiger partial charge in [0.1, 0.15) is 0 Å². The van der Waals surface area contributed by atoms with Gasteiger partial charge in [0.05, 0.1) is 0 Å². The molecule has 0 saturated heterocycles. The average molecular weight is 450 g/mol. The molecule has 0 saturated carbocycles. The van der Waals surface area contributed by atoms with Crippen LogP contribution in [0.5, 0.6) is 0 Å². The molecule has 0 spiro atoms. The molecule has 0 heterocycles. The Balaban J connectivity index is -0.000000333. The van der Waals surface area contributed by atoms with Crippen LogP contribution in [0, 0.1) is 0 Å². The molecule has 0 aliphatic heterocycles. The first-order chi connectivity index (χ1) is 10.8. The summed E-state index contributed by atoms with van der Waals surface area (Å²) in [6.07, 6.45) is 15.8. The van der Waals surface area contributed by atoms with Crippen molar-refractivity contribution in [2.45, 2.75) is 105 Å². The Morgan fingerprint density at radius 2 is 0.609 bits per heavy atom. The largest absolute Gasteiger partial charge is 2.00 e. The van der Waals surface area contributed by atoms with Gasteiger partial charge in [0.25, 0.3) is 0 Å². The van der Waals surface area contributed by atoms with E-state index < -0.39 is 0 Å². The van der Waals surface area contributed by atoms with Gasteiger partial charge >= 0.3 is 48.9 Å². The Hall–Kier alpha value is 1.49. The van der Waals surface area contributed by atoms with Gasteiger partial charge in [0.15, 0.2) is 0 Å². The molecular formula is C20H44BaN2. The molecule has 0 fully saturated rings. The van der Waals surface area contributed by atoms with Gasteiger partial charge in [-0.3, -0.25) is 0 Å². The van der Waals surface area contributed by atoms with E-state index in [1.165, 1.54) is 77.0 Å². The third kappa shape index (κ3) is 35.5. The maximum absolute atomic E-state index is 4.45. The van der Waals surface area contributed by atoms with Crippen LogP contribution in [0.15, 0.2) is 0 Å². The summed E-state index contributed by atoms with van der Waals surface area (Å²) in [5, 5.41) is 8.89. The molecule has 0 N–H and O–H groups in total. The first-order valence-electron chi connectivity index (χ1n) is 10.1. The molecule has 0 bridgehead atoms. The average Bonchev–Trinajstić information content (AvgIpc) is 2.54. The molecule has 0 radical (unpaired) electrons. The minimum absolute atomic E-state index is 0. The van der Waals surface area contributed by atoms with Gasteiger partial charge < -0.3 is 10.6 Å². The number of rotatable bonds is 16. The summed E-state index contributed by atoms with van der Waals surface area (Å²) < 4.78 is 0. The van der Waals surface area contributed by atoms with E-state index in [-0.39, 0.29) is 48.9 Å². The molecule has 2 nitrogen and oxygen atoms in total. The van der Waals surface area contributed by atoms with Crippen LogP contribution in [-0.2, 0) is 0 Å². The van der Waals surface area contributed by atoms with Crippen LogP contribution in [-0.4, -0.2) is 75.1 Å². The van der Waals surface area contributed by atoms with Crippen molar-refractivity contribution in [1.82, 2.24) is 0 Å². The topological polar surface area (TPSA) is 28.2 Å². The number of hydrogen-bond donors (Lipinski definition) is 0. The fourth-order valence-electron chi connectivity index (χ4n) is 2.12. The fraction of sp³-hybridized carbons (Fsp3) is 1.00. The van der Waals surface area contributed by atoms with Crippen molar-refractivity contribution < 1.29 is 0 Å². The second-order valence-corrected chi connectivity index (χ2v) is 6.17. The number of unbranched alkanes of at least 4 members (excludes halogenated alkanes) is 8. The minimum atomic E-state index is 0. The normalized spacial score (nSPS) is 9.91. The zero-order valence-corrected chi connectivity index (χ0v) is 21.4. The van der Waals surface area contributed by atoms with Crippen LogP contribution < -0.4 is 0 Å². The van der Waals surface area contributed by atoms with Crippen molar-refractivity contribution in [1.29, 1.82) is 0 Å². The molecular weight excluding hydrogens is 406 g/mol. The van der Waals surface area contributed by atoms with Gasteiger partial charge in [-0.05, 0) is 0 Å². The molecule has 0 rings (SSSR count). The maximum Gasteiger partial charge on any atom is 2.00 e. The van der Waals surface area contributed by atoms with E-state index in [2.05, 4.69) is 38.3 Å². The smallest absolute Gasteiger partial charge is 0.662 e. The Morgan fingerprint density at radius 3 is 0.783 bits per heavy atom. The van der Waals surface area contributed by atoms with Gasteiger partial charge in [-0.15, -0.1) is 26.2 Å². The number of hydrogen-bond acceptors (Lipinski definition) is 0. The first kappa shape index (κ1) is 29.3. The summed E-state index contributed by atoms with van der Waals surface area (Å²) >= 11 is 0. The summed E-state index contributed by atoms with van der Waals surface area (Å²) in [6.45, 7) is 13.3. The van der Waals surface area contributed by atoms with Crippen LogP contribution in [0.4, 0.5) is 0 Å². The van der Waals surface area contributed by atoms with Gasteiger partial charge in [-0.1, -0.05) is 105 Å². The Bertz CT molecular complexity index is 132. The first-order valence-corrected chi connectivity index (χ1v) is 10.1. The van der Waals surface area contributed by atoms with Crippen molar-refractivity contribution in [3.8, 4) is 0 Å². The summed E-state index contributed by atoms with van der Waals surface area (Å²) in [4.78, 5) is 0. The van der Waals surface area contributed by atoms with E-state index in [1.54, 1.807) is 0 Å². The molecule has 0 aliphatic carbocycles. The van der Waals surface area contributed by atoms with Crippen LogP contribution in [0.1, 0.15) is 105 Å². The van der Waals surface area contributed by atoms with Crippen molar-refractivity contribution in [3.05, 3.63) is 10.6 Å². The molecule has 23 heavy (non-hydrogen) atoms. The van der Waals surface area contributed by atoms with E-state index >= 15 is 0 Å². The zero-order valence-electron chi connectivity index (χ0n) is 16.9. The van der Waals surface area contributed by atoms with Crippen molar-refractivity contribution in [3.63, 3.8) is 0 Å². The molecule has 3 heteroatoms. The van der Waals surface area contributed by atoms with Gasteiger partial charge in [0, 0.05) is 0 Å². The second-order valence-electron chi connectivity index (χ2n) is 6.17. The predicted molar refractivity (Wildman–Crippen MR) is 110 cm³/mol. The van der Waals surface area contributed by atoms with Gasteiger partial charge in [-0.2, -0.15) is 0 Å². The Labute approximate surface area is 188 Å². The van der Waals surface area contributed by atoms with Crippen molar-refractivity contribution in [2.75, 3.05) is 26.2 Å². The van der Waals surface area contributed by atoms with Crippen LogP contribution >= 0.6 is 0 Å². The van der Waals surface area contributed by atoms with Crippen LogP contribution in [0.25, 0.3) is 10.6 Å². The molecule has 0 aromatic heterocycles. The Kier molecular flexibility index (Phi) is 39.8. The summed E-state index contributed by atoms with van der Waals surface area (Å²) in [5.74, 6) is 0. The third-order valence-electron chi connectivity index (χ3n) is 3.68. The molecule has 0 aromatic rings. The molecule has 0 unspecified atom stereocenters. The van der Waals surface area contributed by atoms with Crippen molar-refractivity contribution >= 4 is 48.9 Å². The molecule has 0 aliphatic rings. The minimum Gasteiger partial charge on any atom is -0.662 e. The SMILES string of the molecule is CCCCC[N-]CCCCC.CCCCC[N-]CCCCC.[Ba+2]. The standard InChI is InChI=1S/2C10H22N.Ba/c2*1-3-5-7-9-11-10-8-6-4-2;/h2*3-10H2,1-2H3;/q2*-1;+2. The third-order valence-corrected chi connectivity index (χ3v) is 3.68. The molecule has 0 aromatic carbocycles. The summed E-state index contributed by atoms with van der Waals surface area (Å²) in [6, 6.07) is 0. The van der Waals surface area contributed by atoms with Gasteiger partial charge in [0.2, 0.25) is 0 Å². The molecule has 136 valence electrons. The van der Waals surface area contributed by atoms with Gasteiger partial charge in [-0.25, -0.2) is 0 Å². The predicted octanol–water partition coefficient (Wildman–Crippen LogP) is 7.10.